The number of benzene rings is 1. The van der Waals surface area contributed by atoms with Gasteiger partial charge in [0.05, 0.1) is 18.5 Å². The fraction of sp³-hybridized carbons (Fsp3) is 0.467. The number of nitrogens with zero attached hydrogens (tertiary/aromatic N) is 6. The van der Waals surface area contributed by atoms with Crippen LogP contribution in [0.15, 0.2) is 53.7 Å². The van der Waals surface area contributed by atoms with Crippen LogP contribution in [0.5, 0.6) is 0 Å². The summed E-state index contributed by atoms with van der Waals surface area (Å²) in [4.78, 5) is 31.0. The van der Waals surface area contributed by atoms with Crippen LogP contribution in [0.2, 0.25) is 0 Å². The van der Waals surface area contributed by atoms with Crippen molar-refractivity contribution in [3.8, 4) is 22.5 Å². The fourth-order valence-corrected chi connectivity index (χ4v) is 6.24. The summed E-state index contributed by atoms with van der Waals surface area (Å²) in [5.74, 6) is -0.750. The van der Waals surface area contributed by atoms with Crippen LogP contribution in [-0.4, -0.2) is 45.8 Å². The molecule has 0 aliphatic heterocycles. The smallest absolute Gasteiger partial charge is 0.328 e. The van der Waals surface area contributed by atoms with Crippen molar-refractivity contribution >= 4 is 5.97 Å². The maximum absolute atomic E-state index is 14.2. The first kappa shape index (κ1) is 27.5. The standard InChI is InChI=1S/C30H37N7O3/c1-3-5-11-22-19-37(27-20(4-2)10-6-7-14-26(27)29(38)39)30(40)36(22)18-21-17-31-16-15-23(21)24-12-8-9-13-25(24)28-32-34-35-33-28/h8-9,12-13,15-17,19-20,26-27H,3-7,10-11,14,18H2,1-2H3,(H,38,39)(H,32,33,34,35). The van der Waals surface area contributed by atoms with Crippen molar-refractivity contribution in [2.75, 3.05) is 0 Å². The average Bonchev–Trinajstić information content (AvgIpc) is 3.55. The number of aromatic amines is 1. The number of carboxylic acids is 1. The number of hydrogen-bond donors (Lipinski definition) is 2. The van der Waals surface area contributed by atoms with E-state index in [-0.39, 0.29) is 17.6 Å². The molecule has 1 saturated carbocycles. The van der Waals surface area contributed by atoms with E-state index < -0.39 is 11.9 Å². The molecular formula is C30H37N7O3. The maximum Gasteiger partial charge on any atom is 0.328 e. The Hall–Kier alpha value is -4.08. The summed E-state index contributed by atoms with van der Waals surface area (Å²) in [6.07, 6.45) is 12.4. The first-order chi connectivity index (χ1) is 19.5. The Morgan fingerprint density at radius 2 is 1.90 bits per heavy atom. The molecule has 1 aliphatic rings. The molecule has 2 N–H and O–H groups in total. The van der Waals surface area contributed by atoms with E-state index in [0.717, 1.165) is 72.9 Å². The Morgan fingerprint density at radius 1 is 1.10 bits per heavy atom. The quantitative estimate of drug-likeness (QED) is 0.265. The van der Waals surface area contributed by atoms with Crippen molar-refractivity contribution in [3.05, 3.63) is 70.7 Å². The number of nitrogens with one attached hydrogen (secondary N) is 1. The largest absolute Gasteiger partial charge is 0.481 e. The number of carbonyl (C=O) groups is 1. The summed E-state index contributed by atoms with van der Waals surface area (Å²) >= 11 is 0. The van der Waals surface area contributed by atoms with Gasteiger partial charge in [0.15, 0.2) is 0 Å². The van der Waals surface area contributed by atoms with Gasteiger partial charge in [-0.2, -0.15) is 5.21 Å². The number of pyridine rings is 1. The molecule has 210 valence electrons. The summed E-state index contributed by atoms with van der Waals surface area (Å²) < 4.78 is 3.58. The highest BCUT2D eigenvalue weighted by molar-refractivity contribution is 5.81. The number of unbranched alkanes of at least 4 members (excludes halogenated alkanes) is 1. The Kier molecular flexibility index (Phi) is 8.52. The number of tetrazole rings is 1. The van der Waals surface area contributed by atoms with Gasteiger partial charge < -0.3 is 5.11 Å². The second-order valence-corrected chi connectivity index (χ2v) is 10.7. The molecule has 1 aliphatic carbocycles. The van der Waals surface area contributed by atoms with Crippen LogP contribution in [0.1, 0.15) is 76.1 Å². The van der Waals surface area contributed by atoms with Gasteiger partial charge in [-0.25, -0.2) is 4.79 Å². The lowest BCUT2D eigenvalue weighted by Gasteiger charge is -2.29. The number of hydrogen-bond acceptors (Lipinski definition) is 6. The zero-order valence-corrected chi connectivity index (χ0v) is 23.2. The molecule has 0 spiro atoms. The van der Waals surface area contributed by atoms with Crippen LogP contribution in [0.3, 0.4) is 0 Å². The van der Waals surface area contributed by atoms with Crippen molar-refractivity contribution in [1.29, 1.82) is 0 Å². The molecule has 40 heavy (non-hydrogen) atoms. The number of aromatic nitrogens is 7. The van der Waals surface area contributed by atoms with Gasteiger partial charge in [-0.1, -0.05) is 63.8 Å². The molecule has 0 radical (unpaired) electrons. The molecule has 5 rings (SSSR count). The first-order valence-corrected chi connectivity index (χ1v) is 14.3. The molecule has 0 bridgehead atoms. The minimum atomic E-state index is -0.812. The van der Waals surface area contributed by atoms with Gasteiger partial charge in [0.2, 0.25) is 5.82 Å². The predicted octanol–water partition coefficient (Wildman–Crippen LogP) is 5.12. The van der Waals surface area contributed by atoms with Crippen LogP contribution in [0.25, 0.3) is 22.5 Å². The lowest BCUT2D eigenvalue weighted by Crippen LogP contribution is -2.37. The van der Waals surface area contributed by atoms with Gasteiger partial charge in [0, 0.05) is 29.8 Å². The summed E-state index contributed by atoms with van der Waals surface area (Å²) in [5.41, 5.74) is 4.35. The van der Waals surface area contributed by atoms with Crippen LogP contribution in [0, 0.1) is 11.8 Å². The monoisotopic (exact) mass is 543 g/mol. The van der Waals surface area contributed by atoms with E-state index in [4.69, 9.17) is 0 Å². The normalized spacial score (nSPS) is 19.4. The molecule has 3 aromatic heterocycles. The fourth-order valence-electron chi connectivity index (χ4n) is 6.24. The van der Waals surface area contributed by atoms with E-state index in [0.29, 0.717) is 18.8 Å². The third-order valence-electron chi connectivity index (χ3n) is 8.31. The van der Waals surface area contributed by atoms with E-state index in [1.165, 1.54) is 0 Å². The SMILES string of the molecule is CCCCc1cn(C2C(CC)CCCCC2C(=O)O)c(=O)n1Cc1cnccc1-c1ccccc1-c1nn[nH]n1. The maximum atomic E-state index is 14.2. The Balaban J connectivity index is 1.61. The summed E-state index contributed by atoms with van der Waals surface area (Å²) in [7, 11) is 0. The topological polar surface area (TPSA) is 132 Å². The number of H-pyrrole nitrogens is 1. The van der Waals surface area contributed by atoms with E-state index >= 15 is 0 Å². The first-order valence-electron chi connectivity index (χ1n) is 14.3. The van der Waals surface area contributed by atoms with E-state index in [1.54, 1.807) is 17.0 Å². The number of rotatable bonds is 10. The van der Waals surface area contributed by atoms with Gasteiger partial charge in [0.25, 0.3) is 0 Å². The molecule has 1 aromatic carbocycles. The van der Waals surface area contributed by atoms with Crippen LogP contribution in [0.4, 0.5) is 0 Å². The van der Waals surface area contributed by atoms with Crippen LogP contribution >= 0.6 is 0 Å². The lowest BCUT2D eigenvalue weighted by atomic mass is 9.85. The molecule has 4 aromatic rings. The molecule has 10 heteroatoms. The van der Waals surface area contributed by atoms with Gasteiger partial charge >= 0.3 is 11.7 Å². The highest BCUT2D eigenvalue weighted by Gasteiger charge is 2.38. The minimum Gasteiger partial charge on any atom is -0.481 e. The second kappa shape index (κ2) is 12.4. The number of aryl methyl sites for hydroxylation is 1. The van der Waals surface area contributed by atoms with Gasteiger partial charge in [-0.15, -0.1) is 10.2 Å². The highest BCUT2D eigenvalue weighted by Crippen LogP contribution is 2.39. The third-order valence-corrected chi connectivity index (χ3v) is 8.31. The number of carboxylic acid groups (broad SMARTS) is 1. The minimum absolute atomic E-state index is 0.145. The van der Waals surface area contributed by atoms with Crippen molar-refractivity contribution < 1.29 is 9.90 Å². The highest BCUT2D eigenvalue weighted by atomic mass is 16.4. The van der Waals surface area contributed by atoms with Crippen LogP contribution in [-0.2, 0) is 17.8 Å². The van der Waals surface area contributed by atoms with Gasteiger partial charge in [-0.05, 0) is 59.6 Å². The summed E-state index contributed by atoms with van der Waals surface area (Å²) in [5, 5.41) is 24.8. The molecule has 3 atom stereocenters. The van der Waals surface area contributed by atoms with E-state index in [2.05, 4.69) is 39.5 Å². The molecule has 3 heterocycles. The predicted molar refractivity (Wildman–Crippen MR) is 152 cm³/mol. The Morgan fingerprint density at radius 3 is 2.62 bits per heavy atom. The average molecular weight is 544 g/mol. The molecular weight excluding hydrogens is 506 g/mol. The summed E-state index contributed by atoms with van der Waals surface area (Å²) in [6, 6.07) is 9.43. The lowest BCUT2D eigenvalue weighted by molar-refractivity contribution is -0.144. The zero-order valence-electron chi connectivity index (χ0n) is 23.2. The Bertz CT molecular complexity index is 1490. The molecule has 1 fully saturated rings. The Labute approximate surface area is 233 Å². The van der Waals surface area contributed by atoms with Crippen molar-refractivity contribution in [3.63, 3.8) is 0 Å². The molecule has 3 unspecified atom stereocenters. The number of aliphatic carboxylic acids is 1. The van der Waals surface area contributed by atoms with Crippen molar-refractivity contribution in [2.24, 2.45) is 11.8 Å². The number of imidazole rings is 1. The van der Waals surface area contributed by atoms with Gasteiger partial charge in [0.1, 0.15) is 0 Å². The van der Waals surface area contributed by atoms with E-state index in [1.807, 2.05) is 41.1 Å². The van der Waals surface area contributed by atoms with E-state index in [9.17, 15) is 14.7 Å². The molecule has 10 nitrogen and oxygen atoms in total. The van der Waals surface area contributed by atoms with Crippen molar-refractivity contribution in [2.45, 2.75) is 77.8 Å². The zero-order chi connectivity index (χ0) is 28.1. The molecule has 0 saturated heterocycles. The van der Waals surface area contributed by atoms with Crippen molar-refractivity contribution in [1.82, 2.24) is 34.7 Å². The van der Waals surface area contributed by atoms with Crippen LogP contribution < -0.4 is 5.69 Å². The second-order valence-electron chi connectivity index (χ2n) is 10.7. The van der Waals surface area contributed by atoms with Gasteiger partial charge in [-0.3, -0.25) is 18.9 Å². The molecule has 0 amide bonds. The summed E-state index contributed by atoms with van der Waals surface area (Å²) in [6.45, 7) is 4.56. The third kappa shape index (κ3) is 5.48.